The molecule has 0 saturated carbocycles. The number of halogens is 1. The van der Waals surface area contributed by atoms with Gasteiger partial charge in [-0.15, -0.1) is 0 Å². The van der Waals surface area contributed by atoms with E-state index in [1.165, 1.54) is 0 Å². The molecule has 0 atom stereocenters. The lowest BCUT2D eigenvalue weighted by Crippen LogP contribution is -2.05. The first-order valence-electron chi connectivity index (χ1n) is 5.01. The molecular weight excluding hydrogens is 224 g/mol. The van der Waals surface area contributed by atoms with Gasteiger partial charge in [-0.25, -0.2) is 0 Å². The van der Waals surface area contributed by atoms with Gasteiger partial charge in [0, 0.05) is 22.5 Å². The van der Waals surface area contributed by atoms with Crippen LogP contribution in [0.5, 0.6) is 5.75 Å². The third kappa shape index (κ3) is 2.19. The zero-order chi connectivity index (χ0) is 11.5. The number of benzene rings is 1. The van der Waals surface area contributed by atoms with Crippen LogP contribution in [0.2, 0.25) is 5.02 Å². The average Bonchev–Trinajstić information content (AvgIpc) is 2.65. The van der Waals surface area contributed by atoms with Crippen molar-refractivity contribution >= 4 is 11.6 Å². The predicted octanol–water partition coefficient (Wildman–Crippen LogP) is 2.90. The van der Waals surface area contributed by atoms with E-state index in [0.29, 0.717) is 11.6 Å². The van der Waals surface area contributed by atoms with Gasteiger partial charge in [0.05, 0.1) is 13.7 Å². The summed E-state index contributed by atoms with van der Waals surface area (Å²) in [7, 11) is 1.66. The minimum atomic E-state index is 0.669. The van der Waals surface area contributed by atoms with Crippen LogP contribution in [0, 0.1) is 6.92 Å². The molecule has 0 radical (unpaired) electrons. The Kier molecular flexibility index (Phi) is 3.15. The normalized spacial score (nSPS) is 10.4. The van der Waals surface area contributed by atoms with Crippen molar-refractivity contribution in [3.63, 3.8) is 0 Å². The Hall–Kier alpha value is -1.48. The van der Waals surface area contributed by atoms with Crippen LogP contribution < -0.4 is 4.74 Å². The van der Waals surface area contributed by atoms with Crippen molar-refractivity contribution in [1.82, 2.24) is 9.78 Å². The summed E-state index contributed by atoms with van der Waals surface area (Å²) in [6.07, 6.45) is 1.78. The second-order valence-corrected chi connectivity index (χ2v) is 4.02. The van der Waals surface area contributed by atoms with E-state index < -0.39 is 0 Å². The molecule has 0 unspecified atom stereocenters. The molecule has 0 N–H and O–H groups in total. The monoisotopic (exact) mass is 236 g/mol. The highest BCUT2D eigenvalue weighted by atomic mass is 35.5. The van der Waals surface area contributed by atoms with Gasteiger partial charge in [0.25, 0.3) is 0 Å². The van der Waals surface area contributed by atoms with Gasteiger partial charge in [-0.05, 0) is 31.2 Å². The molecule has 0 spiro atoms. The number of hydrogen-bond donors (Lipinski definition) is 0. The predicted molar refractivity (Wildman–Crippen MR) is 64.1 cm³/mol. The van der Waals surface area contributed by atoms with Gasteiger partial charge in [-0.2, -0.15) is 5.10 Å². The fourth-order valence-corrected chi connectivity index (χ4v) is 1.79. The standard InChI is InChI=1S/C12H13ClN2O/c1-9-5-6-14-15(9)8-10-7-11(13)3-4-12(10)16-2/h3-7H,8H2,1-2H3. The van der Waals surface area contributed by atoms with Crippen LogP contribution in [-0.2, 0) is 6.54 Å². The summed E-state index contributed by atoms with van der Waals surface area (Å²) in [6, 6.07) is 7.56. The number of rotatable bonds is 3. The maximum absolute atomic E-state index is 5.97. The first-order chi connectivity index (χ1) is 7.70. The Morgan fingerprint density at radius 1 is 1.38 bits per heavy atom. The third-order valence-corrected chi connectivity index (χ3v) is 2.73. The van der Waals surface area contributed by atoms with E-state index >= 15 is 0 Å². The van der Waals surface area contributed by atoms with E-state index in [4.69, 9.17) is 16.3 Å². The van der Waals surface area contributed by atoms with E-state index in [2.05, 4.69) is 5.10 Å². The largest absolute Gasteiger partial charge is 0.496 e. The van der Waals surface area contributed by atoms with Crippen molar-refractivity contribution in [1.29, 1.82) is 0 Å². The van der Waals surface area contributed by atoms with Crippen molar-refractivity contribution in [3.05, 3.63) is 46.7 Å². The maximum Gasteiger partial charge on any atom is 0.124 e. The number of aryl methyl sites for hydroxylation is 1. The molecule has 0 saturated heterocycles. The number of nitrogens with zero attached hydrogens (tertiary/aromatic N) is 2. The number of methoxy groups -OCH3 is 1. The summed E-state index contributed by atoms with van der Waals surface area (Å²) in [5, 5.41) is 4.94. The molecule has 1 heterocycles. The molecule has 0 aliphatic rings. The minimum absolute atomic E-state index is 0.669. The Morgan fingerprint density at radius 2 is 2.19 bits per heavy atom. The van der Waals surface area contributed by atoms with Gasteiger partial charge < -0.3 is 4.74 Å². The highest BCUT2D eigenvalue weighted by Gasteiger charge is 2.06. The van der Waals surface area contributed by atoms with Crippen LogP contribution in [0.1, 0.15) is 11.3 Å². The highest BCUT2D eigenvalue weighted by molar-refractivity contribution is 6.30. The smallest absolute Gasteiger partial charge is 0.124 e. The summed E-state index contributed by atoms with van der Waals surface area (Å²) in [6.45, 7) is 2.69. The maximum atomic E-state index is 5.97. The lowest BCUT2D eigenvalue weighted by molar-refractivity contribution is 0.407. The molecule has 2 rings (SSSR count). The van der Waals surface area contributed by atoms with E-state index in [1.807, 2.05) is 35.9 Å². The fraction of sp³-hybridized carbons (Fsp3) is 0.250. The quantitative estimate of drug-likeness (QED) is 0.820. The van der Waals surface area contributed by atoms with Crippen molar-refractivity contribution < 1.29 is 4.74 Å². The number of aromatic nitrogens is 2. The minimum Gasteiger partial charge on any atom is -0.496 e. The summed E-state index contributed by atoms with van der Waals surface area (Å²) in [4.78, 5) is 0. The highest BCUT2D eigenvalue weighted by Crippen LogP contribution is 2.23. The van der Waals surface area contributed by atoms with Crippen LogP contribution in [0.3, 0.4) is 0 Å². The van der Waals surface area contributed by atoms with Gasteiger partial charge in [0.1, 0.15) is 5.75 Å². The van der Waals surface area contributed by atoms with Crippen LogP contribution in [0.4, 0.5) is 0 Å². The molecule has 0 aliphatic heterocycles. The Balaban J connectivity index is 2.33. The van der Waals surface area contributed by atoms with E-state index in [1.54, 1.807) is 13.3 Å². The van der Waals surface area contributed by atoms with Crippen LogP contribution in [0.15, 0.2) is 30.5 Å². The molecular formula is C12H13ClN2O. The molecule has 1 aromatic carbocycles. The zero-order valence-electron chi connectivity index (χ0n) is 9.27. The second kappa shape index (κ2) is 4.58. The average molecular weight is 237 g/mol. The molecule has 0 fully saturated rings. The van der Waals surface area contributed by atoms with Crippen molar-refractivity contribution in [3.8, 4) is 5.75 Å². The second-order valence-electron chi connectivity index (χ2n) is 3.59. The van der Waals surface area contributed by atoms with Gasteiger partial charge in [0.15, 0.2) is 0 Å². The Morgan fingerprint density at radius 3 is 2.81 bits per heavy atom. The Bertz CT molecular complexity index is 494. The van der Waals surface area contributed by atoms with E-state index in [9.17, 15) is 0 Å². The van der Waals surface area contributed by atoms with Crippen molar-refractivity contribution in [2.24, 2.45) is 0 Å². The van der Waals surface area contributed by atoms with Crippen molar-refractivity contribution in [2.75, 3.05) is 7.11 Å². The molecule has 84 valence electrons. The van der Waals surface area contributed by atoms with E-state index in [0.717, 1.165) is 17.0 Å². The summed E-state index contributed by atoms with van der Waals surface area (Å²) >= 11 is 5.97. The topological polar surface area (TPSA) is 27.1 Å². The SMILES string of the molecule is COc1ccc(Cl)cc1Cn1nccc1C. The third-order valence-electron chi connectivity index (χ3n) is 2.49. The van der Waals surface area contributed by atoms with Gasteiger partial charge in [-0.1, -0.05) is 11.6 Å². The number of hydrogen-bond acceptors (Lipinski definition) is 2. The fourth-order valence-electron chi connectivity index (χ4n) is 1.60. The summed E-state index contributed by atoms with van der Waals surface area (Å²) in [5.41, 5.74) is 2.14. The lowest BCUT2D eigenvalue weighted by atomic mass is 10.2. The van der Waals surface area contributed by atoms with Gasteiger partial charge in [0.2, 0.25) is 0 Å². The van der Waals surface area contributed by atoms with Crippen LogP contribution >= 0.6 is 11.6 Å². The first kappa shape index (κ1) is 11.0. The molecule has 4 heteroatoms. The molecule has 0 aliphatic carbocycles. The van der Waals surface area contributed by atoms with Crippen molar-refractivity contribution in [2.45, 2.75) is 13.5 Å². The summed E-state index contributed by atoms with van der Waals surface area (Å²) in [5.74, 6) is 0.833. The first-order valence-corrected chi connectivity index (χ1v) is 5.39. The molecule has 0 bridgehead atoms. The lowest BCUT2D eigenvalue weighted by Gasteiger charge is -2.10. The van der Waals surface area contributed by atoms with Gasteiger partial charge >= 0.3 is 0 Å². The molecule has 2 aromatic rings. The molecule has 0 amide bonds. The number of ether oxygens (including phenoxy) is 1. The van der Waals surface area contributed by atoms with Crippen LogP contribution in [-0.4, -0.2) is 16.9 Å². The zero-order valence-corrected chi connectivity index (χ0v) is 10.0. The van der Waals surface area contributed by atoms with Gasteiger partial charge in [-0.3, -0.25) is 4.68 Å². The van der Waals surface area contributed by atoms with Crippen LogP contribution in [0.25, 0.3) is 0 Å². The Labute approximate surface area is 99.6 Å². The molecule has 3 nitrogen and oxygen atoms in total. The molecule has 16 heavy (non-hydrogen) atoms. The summed E-state index contributed by atoms with van der Waals surface area (Å²) < 4.78 is 7.20. The van der Waals surface area contributed by atoms with E-state index in [-0.39, 0.29) is 0 Å². The molecule has 1 aromatic heterocycles.